The van der Waals surface area contributed by atoms with E-state index in [-0.39, 0.29) is 18.2 Å². The van der Waals surface area contributed by atoms with E-state index in [0.29, 0.717) is 41.3 Å². The van der Waals surface area contributed by atoms with Gasteiger partial charge >= 0.3 is 6.36 Å². The second-order valence-electron chi connectivity index (χ2n) is 9.04. The highest BCUT2D eigenvalue weighted by Gasteiger charge is 2.32. The Morgan fingerprint density at radius 2 is 1.50 bits per heavy atom. The van der Waals surface area contributed by atoms with Crippen molar-refractivity contribution < 1.29 is 27.4 Å². The number of hydrogen-bond donors (Lipinski definition) is 0. The molecule has 15 heteroatoms. The highest BCUT2D eigenvalue weighted by atomic mass is 19.4. The van der Waals surface area contributed by atoms with Crippen molar-refractivity contribution in [1.82, 2.24) is 14.9 Å². The van der Waals surface area contributed by atoms with Crippen molar-refractivity contribution in [1.29, 1.82) is 0 Å². The molecule has 0 saturated carbocycles. The zero-order chi connectivity index (χ0) is 26.4. The summed E-state index contributed by atoms with van der Waals surface area (Å²) in [5, 5.41) is 0. The van der Waals surface area contributed by atoms with E-state index in [4.69, 9.17) is 4.74 Å². The van der Waals surface area contributed by atoms with Gasteiger partial charge in [-0.2, -0.15) is 0 Å². The third kappa shape index (κ3) is 5.01. The van der Waals surface area contributed by atoms with Crippen LogP contribution in [0.15, 0.2) is 24.3 Å². The van der Waals surface area contributed by atoms with E-state index in [9.17, 15) is 18.0 Å². The lowest BCUT2D eigenvalue weighted by Crippen LogP contribution is -2.45. The maximum atomic E-state index is 13.8. The molecule has 6 nitrogen and oxygen atoms in total. The molecule has 0 unspecified atom stereocenters. The average molecular weight is 486 g/mol. The van der Waals surface area contributed by atoms with Gasteiger partial charge in [0.05, 0.1) is 18.7 Å². The van der Waals surface area contributed by atoms with Gasteiger partial charge in [0.2, 0.25) is 0 Å². The summed E-state index contributed by atoms with van der Waals surface area (Å²) >= 11 is 0. The maximum Gasteiger partial charge on any atom is 0.573 e. The first kappa shape index (κ1) is 25.9. The summed E-state index contributed by atoms with van der Waals surface area (Å²) in [5.74, 6) is 0.605. The molecule has 0 fully saturated rings. The molecule has 0 spiro atoms. The average Bonchev–Trinajstić information content (AvgIpc) is 2.95. The maximum absolute atomic E-state index is 13.8. The van der Waals surface area contributed by atoms with Crippen LogP contribution in [0.4, 0.5) is 13.2 Å². The molecule has 178 valence electrons. The van der Waals surface area contributed by atoms with Crippen molar-refractivity contribution >= 4 is 86.0 Å². The molecule has 2 heterocycles. The quantitative estimate of drug-likeness (QED) is 0.344. The number of carbonyl (C=O) groups is 1. The first-order valence-corrected chi connectivity index (χ1v) is 11.6. The van der Waals surface area contributed by atoms with Crippen molar-refractivity contribution in [3.63, 3.8) is 0 Å². The fourth-order valence-corrected chi connectivity index (χ4v) is 4.57. The smallest absolute Gasteiger partial charge is 0.492 e. The standard InChI is InChI=1S/C21H22B6F3N3O3/c22-13-11(8-1-3-9(4-2-8)36-21(28,29)30)14(23)15(24)17-12(13)20(34)33(5-6-35-17)7-10-31-18(26)16(25)19(27)32-10/h1-4H,5-7,22-27H2. The first-order valence-electron chi connectivity index (χ1n) is 11.6. The molecule has 3 aromatic rings. The summed E-state index contributed by atoms with van der Waals surface area (Å²) in [7, 11) is 11.4. The van der Waals surface area contributed by atoms with Crippen LogP contribution in [0.3, 0.4) is 0 Å². The summed E-state index contributed by atoms with van der Waals surface area (Å²) in [5.41, 5.74) is 7.09. The van der Waals surface area contributed by atoms with E-state index in [1.54, 1.807) is 17.0 Å². The van der Waals surface area contributed by atoms with Crippen molar-refractivity contribution in [3.05, 3.63) is 35.7 Å². The first-order chi connectivity index (χ1) is 16.9. The number of carbonyl (C=O) groups excluding carboxylic acids is 1. The SMILES string of the molecule is Bc1nc(CN2CCOc3c(B)c(B)c(-c4ccc(OC(F)(F)F)cc4)c(B)c3C2=O)nc(B)c1B. The molecule has 1 amide bonds. The minimum Gasteiger partial charge on any atom is -0.492 e. The van der Waals surface area contributed by atoms with Gasteiger partial charge in [0, 0.05) is 0 Å². The Kier molecular flexibility index (Phi) is 6.94. The molecule has 0 N–H and O–H groups in total. The number of ether oxygens (including phenoxy) is 2. The van der Waals surface area contributed by atoms with Crippen LogP contribution >= 0.6 is 0 Å². The van der Waals surface area contributed by atoms with Crippen LogP contribution in [0, 0.1) is 0 Å². The lowest BCUT2D eigenvalue weighted by atomic mass is 9.68. The number of benzene rings is 2. The van der Waals surface area contributed by atoms with Gasteiger partial charge in [0.25, 0.3) is 5.91 Å². The number of alkyl halides is 3. The van der Waals surface area contributed by atoms with Crippen LogP contribution in [0.25, 0.3) is 11.1 Å². The molecular weight excluding hydrogens is 464 g/mol. The molecule has 4 rings (SSSR count). The predicted molar refractivity (Wildman–Crippen MR) is 150 cm³/mol. The highest BCUT2D eigenvalue weighted by molar-refractivity contribution is 6.57. The number of halogens is 3. The van der Waals surface area contributed by atoms with Gasteiger partial charge in [-0.25, -0.2) is 9.97 Å². The van der Waals surface area contributed by atoms with Crippen LogP contribution < -0.4 is 42.5 Å². The van der Waals surface area contributed by atoms with Crippen molar-refractivity contribution in [2.24, 2.45) is 0 Å². The number of amides is 1. The van der Waals surface area contributed by atoms with E-state index < -0.39 is 6.36 Å². The molecule has 2 aromatic carbocycles. The van der Waals surface area contributed by atoms with E-state index in [2.05, 4.69) is 14.7 Å². The fourth-order valence-electron chi connectivity index (χ4n) is 4.57. The van der Waals surface area contributed by atoms with E-state index in [1.807, 2.05) is 47.1 Å². The van der Waals surface area contributed by atoms with Crippen LogP contribution in [-0.2, 0) is 6.54 Å². The number of nitrogens with zero attached hydrogens (tertiary/aromatic N) is 3. The summed E-state index contributed by atoms with van der Waals surface area (Å²) in [6.45, 7) is 0.944. The Balaban J connectivity index is 1.75. The van der Waals surface area contributed by atoms with Crippen LogP contribution in [0.5, 0.6) is 11.5 Å². The zero-order valence-electron chi connectivity index (χ0n) is 21.1. The lowest BCUT2D eigenvalue weighted by Gasteiger charge is -2.23. The van der Waals surface area contributed by atoms with Crippen LogP contribution in [-0.4, -0.2) is 87.4 Å². The van der Waals surface area contributed by atoms with Crippen LogP contribution in [0.2, 0.25) is 0 Å². The summed E-state index contributed by atoms with van der Waals surface area (Å²) in [6, 6.07) is 5.67. The van der Waals surface area contributed by atoms with Crippen molar-refractivity contribution in [2.45, 2.75) is 12.9 Å². The van der Waals surface area contributed by atoms with Crippen LogP contribution in [0.1, 0.15) is 16.2 Å². The second kappa shape index (κ2) is 9.67. The molecular formula is C21H22B6F3N3O3. The Hall–Kier alpha value is -3.23. The molecule has 0 saturated heterocycles. The van der Waals surface area contributed by atoms with Gasteiger partial charge in [0.15, 0.2) is 15.7 Å². The molecule has 1 aliphatic rings. The largest absolute Gasteiger partial charge is 0.573 e. The van der Waals surface area contributed by atoms with Gasteiger partial charge in [-0.1, -0.05) is 34.0 Å². The van der Waals surface area contributed by atoms with Gasteiger partial charge in [-0.15, -0.1) is 13.2 Å². The highest BCUT2D eigenvalue weighted by Crippen LogP contribution is 2.28. The monoisotopic (exact) mass is 487 g/mol. The Morgan fingerprint density at radius 3 is 2.08 bits per heavy atom. The van der Waals surface area contributed by atoms with E-state index >= 15 is 0 Å². The second-order valence-corrected chi connectivity index (χ2v) is 9.04. The summed E-state index contributed by atoms with van der Waals surface area (Å²) < 4.78 is 47.8. The number of aromatic nitrogens is 2. The molecule has 0 bridgehead atoms. The van der Waals surface area contributed by atoms with Gasteiger partial charge in [-0.3, -0.25) is 4.79 Å². The predicted octanol–water partition coefficient (Wildman–Crippen LogP) is -6.37. The van der Waals surface area contributed by atoms with Gasteiger partial charge in [-0.05, 0) is 34.4 Å². The number of hydrogen-bond acceptors (Lipinski definition) is 5. The van der Waals surface area contributed by atoms with E-state index in [0.717, 1.165) is 33.1 Å². The van der Waals surface area contributed by atoms with Gasteiger partial charge in [0.1, 0.15) is 55.3 Å². The fraction of sp³-hybridized carbons (Fsp3) is 0.190. The molecule has 1 aromatic heterocycles. The Labute approximate surface area is 212 Å². The zero-order valence-corrected chi connectivity index (χ0v) is 21.1. The third-order valence-electron chi connectivity index (χ3n) is 6.75. The number of fused-ring (bicyclic) bond motifs is 1. The minimum absolute atomic E-state index is 0.194. The molecule has 36 heavy (non-hydrogen) atoms. The lowest BCUT2D eigenvalue weighted by molar-refractivity contribution is -0.274. The normalized spacial score (nSPS) is 13.6. The summed E-state index contributed by atoms with van der Waals surface area (Å²) in [4.78, 5) is 24.6. The summed E-state index contributed by atoms with van der Waals surface area (Å²) in [6.07, 6.45) is -4.76. The van der Waals surface area contributed by atoms with Gasteiger partial charge < -0.3 is 14.4 Å². The topological polar surface area (TPSA) is 64.6 Å². The molecule has 0 radical (unpaired) electrons. The van der Waals surface area contributed by atoms with Crippen molar-refractivity contribution in [2.75, 3.05) is 13.2 Å². The minimum atomic E-state index is -4.76. The Bertz CT molecular complexity index is 1330. The number of rotatable bonds is 4. The third-order valence-corrected chi connectivity index (χ3v) is 6.75. The molecule has 0 aliphatic carbocycles. The van der Waals surface area contributed by atoms with Crippen molar-refractivity contribution in [3.8, 4) is 22.6 Å². The molecule has 1 aliphatic heterocycles. The molecule has 0 atom stereocenters. The van der Waals surface area contributed by atoms with E-state index in [1.165, 1.54) is 12.1 Å². The Morgan fingerprint density at radius 1 is 0.889 bits per heavy atom.